The van der Waals surface area contributed by atoms with E-state index < -0.39 is 5.41 Å². The molecule has 3 N–H and O–H groups in total. The van der Waals surface area contributed by atoms with Crippen LogP contribution in [0, 0.1) is 5.41 Å². The molecular formula is C11H18N4O2. The Kier molecular flexibility index (Phi) is 4.25. The number of primary amides is 1. The van der Waals surface area contributed by atoms with Crippen molar-refractivity contribution in [3.05, 3.63) is 12.4 Å². The minimum Gasteiger partial charge on any atom is -0.478 e. The van der Waals surface area contributed by atoms with Gasteiger partial charge < -0.3 is 15.8 Å². The van der Waals surface area contributed by atoms with Gasteiger partial charge >= 0.3 is 0 Å². The number of carbonyl (C=O) groups is 1. The molecule has 0 saturated carbocycles. The van der Waals surface area contributed by atoms with E-state index in [4.69, 9.17) is 10.5 Å². The summed E-state index contributed by atoms with van der Waals surface area (Å²) in [6.45, 7) is 6.37. The maximum absolute atomic E-state index is 11.1. The zero-order valence-corrected chi connectivity index (χ0v) is 10.4. The maximum Gasteiger partial charge on any atom is 0.224 e. The average molecular weight is 238 g/mol. The fourth-order valence-electron chi connectivity index (χ4n) is 1.06. The van der Waals surface area contributed by atoms with Crippen LogP contribution in [0.1, 0.15) is 20.8 Å². The molecule has 1 aromatic heterocycles. The number of nitrogens with two attached hydrogens (primary N) is 1. The van der Waals surface area contributed by atoms with E-state index in [9.17, 15) is 4.79 Å². The third-order valence-corrected chi connectivity index (χ3v) is 2.31. The Balaban J connectivity index is 2.63. The van der Waals surface area contributed by atoms with Crippen molar-refractivity contribution in [3.63, 3.8) is 0 Å². The number of amides is 1. The summed E-state index contributed by atoms with van der Waals surface area (Å²) in [7, 11) is 0. The molecular weight excluding hydrogens is 220 g/mol. The maximum atomic E-state index is 11.1. The minimum absolute atomic E-state index is 0.357. The van der Waals surface area contributed by atoms with Crippen LogP contribution < -0.4 is 15.8 Å². The Hall–Kier alpha value is -1.85. The number of rotatable bonds is 6. The van der Waals surface area contributed by atoms with Gasteiger partial charge in [-0.25, -0.2) is 9.97 Å². The molecule has 0 bridgehead atoms. The van der Waals surface area contributed by atoms with E-state index in [0.29, 0.717) is 24.8 Å². The van der Waals surface area contributed by atoms with Crippen molar-refractivity contribution in [3.8, 4) is 5.88 Å². The summed E-state index contributed by atoms with van der Waals surface area (Å²) >= 11 is 0. The number of nitrogens with one attached hydrogen (secondary N) is 1. The van der Waals surface area contributed by atoms with Crippen molar-refractivity contribution in [2.75, 3.05) is 18.5 Å². The van der Waals surface area contributed by atoms with Gasteiger partial charge in [-0.1, -0.05) is 0 Å². The molecule has 0 aliphatic rings. The third kappa shape index (κ3) is 3.90. The second kappa shape index (κ2) is 5.47. The Labute approximate surface area is 101 Å². The molecule has 0 atom stereocenters. The van der Waals surface area contributed by atoms with Gasteiger partial charge in [0.2, 0.25) is 11.8 Å². The molecule has 6 heteroatoms. The number of hydrogen-bond donors (Lipinski definition) is 2. The van der Waals surface area contributed by atoms with Gasteiger partial charge in [0, 0.05) is 12.6 Å². The van der Waals surface area contributed by atoms with E-state index in [0.717, 1.165) is 0 Å². The normalized spacial score (nSPS) is 11.0. The molecule has 0 unspecified atom stereocenters. The van der Waals surface area contributed by atoms with Crippen LogP contribution in [0.5, 0.6) is 5.88 Å². The van der Waals surface area contributed by atoms with Gasteiger partial charge in [0.05, 0.1) is 12.0 Å². The van der Waals surface area contributed by atoms with Crippen LogP contribution in [-0.2, 0) is 4.79 Å². The number of ether oxygens (including phenoxy) is 1. The highest BCUT2D eigenvalue weighted by Gasteiger charge is 2.24. The summed E-state index contributed by atoms with van der Waals surface area (Å²) in [6.07, 6.45) is 1.41. The van der Waals surface area contributed by atoms with E-state index in [1.807, 2.05) is 6.92 Å². The quantitative estimate of drug-likeness (QED) is 0.765. The van der Waals surface area contributed by atoms with Crippen molar-refractivity contribution in [2.45, 2.75) is 20.8 Å². The van der Waals surface area contributed by atoms with Crippen molar-refractivity contribution in [1.82, 2.24) is 9.97 Å². The molecule has 0 saturated heterocycles. The molecule has 0 spiro atoms. The summed E-state index contributed by atoms with van der Waals surface area (Å²) in [5.41, 5.74) is 4.65. The third-order valence-electron chi connectivity index (χ3n) is 2.31. The summed E-state index contributed by atoms with van der Waals surface area (Å²) in [4.78, 5) is 19.1. The number of aromatic nitrogens is 2. The Bertz CT molecular complexity index is 393. The number of anilines is 1. The van der Waals surface area contributed by atoms with Gasteiger partial charge in [0.15, 0.2) is 0 Å². The highest BCUT2D eigenvalue weighted by molar-refractivity contribution is 5.80. The van der Waals surface area contributed by atoms with E-state index in [2.05, 4.69) is 15.3 Å². The van der Waals surface area contributed by atoms with E-state index >= 15 is 0 Å². The van der Waals surface area contributed by atoms with Crippen LogP contribution in [0.15, 0.2) is 12.4 Å². The highest BCUT2D eigenvalue weighted by atomic mass is 16.5. The average Bonchev–Trinajstić information content (AvgIpc) is 2.27. The minimum atomic E-state index is -0.628. The lowest BCUT2D eigenvalue weighted by Gasteiger charge is -2.21. The van der Waals surface area contributed by atoms with Gasteiger partial charge in [0.25, 0.3) is 0 Å². The highest BCUT2D eigenvalue weighted by Crippen LogP contribution is 2.16. The molecule has 0 radical (unpaired) electrons. The Morgan fingerprint density at radius 1 is 1.53 bits per heavy atom. The van der Waals surface area contributed by atoms with Crippen LogP contribution in [0.2, 0.25) is 0 Å². The van der Waals surface area contributed by atoms with Crippen LogP contribution in [0.3, 0.4) is 0 Å². The molecule has 1 amide bonds. The van der Waals surface area contributed by atoms with Crippen molar-refractivity contribution in [2.24, 2.45) is 11.1 Å². The first-order valence-corrected chi connectivity index (χ1v) is 5.44. The second-order valence-corrected chi connectivity index (χ2v) is 4.28. The van der Waals surface area contributed by atoms with Crippen LogP contribution >= 0.6 is 0 Å². The lowest BCUT2D eigenvalue weighted by atomic mass is 9.93. The standard InChI is InChI=1S/C11H18N4O2/c1-4-17-9-5-8(14-7-15-9)13-6-11(2,3)10(12)16/h5,7H,4,6H2,1-3H3,(H2,12,16)(H,13,14,15). The molecule has 1 aromatic rings. The van der Waals surface area contributed by atoms with Gasteiger partial charge in [-0.3, -0.25) is 4.79 Å². The molecule has 1 heterocycles. The zero-order chi connectivity index (χ0) is 12.9. The van der Waals surface area contributed by atoms with Gasteiger partial charge in [-0.05, 0) is 20.8 Å². The molecule has 94 valence electrons. The SMILES string of the molecule is CCOc1cc(NCC(C)(C)C(N)=O)ncn1. The number of carbonyl (C=O) groups excluding carboxylic acids is 1. The topological polar surface area (TPSA) is 90.1 Å². The molecule has 0 fully saturated rings. The monoisotopic (exact) mass is 238 g/mol. The van der Waals surface area contributed by atoms with Crippen molar-refractivity contribution < 1.29 is 9.53 Å². The molecule has 1 rings (SSSR count). The molecule has 0 aliphatic heterocycles. The molecule has 17 heavy (non-hydrogen) atoms. The first-order chi connectivity index (χ1) is 7.95. The number of hydrogen-bond acceptors (Lipinski definition) is 5. The smallest absolute Gasteiger partial charge is 0.224 e. The van der Waals surface area contributed by atoms with Gasteiger partial charge in [0.1, 0.15) is 12.1 Å². The molecule has 0 aliphatic carbocycles. The fraction of sp³-hybridized carbons (Fsp3) is 0.545. The summed E-state index contributed by atoms with van der Waals surface area (Å²) in [5.74, 6) is 0.753. The first kappa shape index (κ1) is 13.2. The second-order valence-electron chi connectivity index (χ2n) is 4.28. The summed E-state index contributed by atoms with van der Waals surface area (Å²) in [5, 5.41) is 3.03. The predicted octanol–water partition coefficient (Wildman–Crippen LogP) is 0.799. The Morgan fingerprint density at radius 2 is 2.24 bits per heavy atom. The lowest BCUT2D eigenvalue weighted by Crippen LogP contribution is -2.37. The van der Waals surface area contributed by atoms with E-state index in [-0.39, 0.29) is 5.91 Å². The lowest BCUT2D eigenvalue weighted by molar-refractivity contribution is -0.125. The first-order valence-electron chi connectivity index (χ1n) is 5.44. The molecule has 0 aromatic carbocycles. The zero-order valence-electron chi connectivity index (χ0n) is 10.4. The fourth-order valence-corrected chi connectivity index (χ4v) is 1.06. The summed E-state index contributed by atoms with van der Waals surface area (Å²) in [6, 6.07) is 1.68. The van der Waals surface area contributed by atoms with Crippen molar-refractivity contribution in [1.29, 1.82) is 0 Å². The van der Waals surface area contributed by atoms with E-state index in [1.54, 1.807) is 19.9 Å². The van der Waals surface area contributed by atoms with Gasteiger partial charge in [-0.15, -0.1) is 0 Å². The van der Waals surface area contributed by atoms with E-state index in [1.165, 1.54) is 6.33 Å². The number of nitrogens with zero attached hydrogens (tertiary/aromatic N) is 2. The van der Waals surface area contributed by atoms with Gasteiger partial charge in [-0.2, -0.15) is 0 Å². The molecule has 6 nitrogen and oxygen atoms in total. The van der Waals surface area contributed by atoms with Crippen LogP contribution in [0.4, 0.5) is 5.82 Å². The summed E-state index contributed by atoms with van der Waals surface area (Å²) < 4.78 is 5.24. The van der Waals surface area contributed by atoms with Crippen LogP contribution in [-0.4, -0.2) is 29.0 Å². The predicted molar refractivity (Wildman–Crippen MR) is 64.7 cm³/mol. The Morgan fingerprint density at radius 3 is 2.82 bits per heavy atom. The largest absolute Gasteiger partial charge is 0.478 e. The van der Waals surface area contributed by atoms with Crippen molar-refractivity contribution >= 4 is 11.7 Å². The van der Waals surface area contributed by atoms with Crippen LogP contribution in [0.25, 0.3) is 0 Å².